The van der Waals surface area contributed by atoms with Crippen molar-refractivity contribution in [3.63, 3.8) is 0 Å². The molecule has 1 fully saturated rings. The number of para-hydroxylation sites is 1. The number of rotatable bonds is 3. The summed E-state index contributed by atoms with van der Waals surface area (Å²) < 4.78 is 5.92. The number of benzene rings is 1. The Morgan fingerprint density at radius 3 is 2.91 bits per heavy atom. The normalized spacial score (nSPS) is 24.3. The minimum absolute atomic E-state index is 0.124. The van der Waals surface area contributed by atoms with Crippen molar-refractivity contribution in [2.75, 3.05) is 31.1 Å². The number of carbonyl (C=O) groups excluding carboxylic acids is 1. The zero-order chi connectivity index (χ0) is 15.7. The molecule has 1 aromatic carbocycles. The maximum atomic E-state index is 12.6. The van der Waals surface area contributed by atoms with E-state index in [2.05, 4.69) is 37.8 Å². The Kier molecular flexibility index (Phi) is 4.24. The van der Waals surface area contributed by atoms with Crippen molar-refractivity contribution in [1.29, 1.82) is 0 Å². The maximum Gasteiger partial charge on any atom is 0.228 e. The molecule has 0 N–H and O–H groups in total. The van der Waals surface area contributed by atoms with Crippen molar-refractivity contribution >= 4 is 11.6 Å². The zero-order valence-corrected chi connectivity index (χ0v) is 13.8. The van der Waals surface area contributed by atoms with Crippen LogP contribution in [0.15, 0.2) is 24.3 Å². The molecular weight excluding hydrogens is 276 g/mol. The first-order chi connectivity index (χ1) is 10.4. The van der Waals surface area contributed by atoms with Crippen LogP contribution in [0.25, 0.3) is 0 Å². The predicted molar refractivity (Wildman–Crippen MR) is 88.2 cm³/mol. The van der Waals surface area contributed by atoms with Crippen molar-refractivity contribution < 1.29 is 9.53 Å². The number of morpholine rings is 1. The molecular formula is C18H26N2O2. The Labute approximate surface area is 133 Å². The van der Waals surface area contributed by atoms with Gasteiger partial charge < -0.3 is 9.64 Å². The standard InChI is InChI=1S/C18H26N2O2/c1-14-12-19(13-18(2,3)22-14)10-9-17(21)20-11-8-15-6-4-5-7-16(15)20/h4-7,14H,8-13H2,1-3H3/t14-/m1/s1. The molecule has 22 heavy (non-hydrogen) atoms. The summed E-state index contributed by atoms with van der Waals surface area (Å²) in [5.41, 5.74) is 2.26. The third-order valence-corrected chi connectivity index (χ3v) is 4.47. The Balaban J connectivity index is 1.57. The fourth-order valence-corrected chi connectivity index (χ4v) is 3.74. The van der Waals surface area contributed by atoms with Crippen LogP contribution in [0, 0.1) is 0 Å². The number of fused-ring (bicyclic) bond motifs is 1. The van der Waals surface area contributed by atoms with Crippen LogP contribution < -0.4 is 4.90 Å². The third kappa shape index (κ3) is 3.33. The molecule has 1 atom stereocenters. The first-order valence-corrected chi connectivity index (χ1v) is 8.23. The van der Waals surface area contributed by atoms with Crippen molar-refractivity contribution in [2.24, 2.45) is 0 Å². The van der Waals surface area contributed by atoms with E-state index in [-0.39, 0.29) is 17.6 Å². The molecule has 1 aromatic rings. The average molecular weight is 302 g/mol. The zero-order valence-electron chi connectivity index (χ0n) is 13.8. The molecule has 4 heteroatoms. The van der Waals surface area contributed by atoms with E-state index in [1.54, 1.807) is 0 Å². The molecule has 0 unspecified atom stereocenters. The minimum Gasteiger partial charge on any atom is -0.370 e. The molecule has 0 aliphatic carbocycles. The lowest BCUT2D eigenvalue weighted by Gasteiger charge is -2.41. The quantitative estimate of drug-likeness (QED) is 0.860. The second-order valence-electron chi connectivity index (χ2n) is 7.10. The van der Waals surface area contributed by atoms with Crippen LogP contribution in [0.2, 0.25) is 0 Å². The van der Waals surface area contributed by atoms with Crippen LogP contribution in [0.1, 0.15) is 32.8 Å². The summed E-state index contributed by atoms with van der Waals surface area (Å²) in [6.45, 7) is 9.78. The second-order valence-corrected chi connectivity index (χ2v) is 7.10. The van der Waals surface area contributed by atoms with E-state index in [0.29, 0.717) is 6.42 Å². The van der Waals surface area contributed by atoms with E-state index in [9.17, 15) is 4.79 Å². The van der Waals surface area contributed by atoms with Crippen LogP contribution in [0.5, 0.6) is 0 Å². The molecule has 120 valence electrons. The van der Waals surface area contributed by atoms with E-state index in [0.717, 1.165) is 38.3 Å². The summed E-state index contributed by atoms with van der Waals surface area (Å²) in [7, 11) is 0. The highest BCUT2D eigenvalue weighted by atomic mass is 16.5. The number of amides is 1. The summed E-state index contributed by atoms with van der Waals surface area (Å²) >= 11 is 0. The van der Waals surface area contributed by atoms with Gasteiger partial charge in [0, 0.05) is 38.3 Å². The molecule has 0 radical (unpaired) electrons. The number of nitrogens with zero attached hydrogens (tertiary/aromatic N) is 2. The van der Waals surface area contributed by atoms with Gasteiger partial charge in [0.2, 0.25) is 5.91 Å². The fourth-order valence-electron chi connectivity index (χ4n) is 3.74. The van der Waals surface area contributed by atoms with E-state index >= 15 is 0 Å². The van der Waals surface area contributed by atoms with Gasteiger partial charge >= 0.3 is 0 Å². The van der Waals surface area contributed by atoms with Crippen molar-refractivity contribution in [2.45, 2.75) is 45.3 Å². The van der Waals surface area contributed by atoms with E-state index in [1.807, 2.05) is 17.0 Å². The Hall–Kier alpha value is -1.39. The first kappa shape index (κ1) is 15.5. The van der Waals surface area contributed by atoms with Crippen LogP contribution in [0.3, 0.4) is 0 Å². The van der Waals surface area contributed by atoms with Gasteiger partial charge in [-0.15, -0.1) is 0 Å². The second kappa shape index (κ2) is 6.01. The number of anilines is 1. The molecule has 0 aromatic heterocycles. The molecule has 3 rings (SSSR count). The highest BCUT2D eigenvalue weighted by molar-refractivity contribution is 5.95. The number of carbonyl (C=O) groups is 1. The number of hydrogen-bond donors (Lipinski definition) is 0. The van der Waals surface area contributed by atoms with Crippen molar-refractivity contribution in [3.8, 4) is 0 Å². The van der Waals surface area contributed by atoms with Crippen LogP contribution >= 0.6 is 0 Å². The Bertz CT molecular complexity index is 556. The van der Waals surface area contributed by atoms with E-state index < -0.39 is 0 Å². The molecule has 0 saturated carbocycles. The van der Waals surface area contributed by atoms with Gasteiger partial charge in [-0.3, -0.25) is 9.69 Å². The highest BCUT2D eigenvalue weighted by Gasteiger charge is 2.32. The molecule has 1 amide bonds. The summed E-state index contributed by atoms with van der Waals surface area (Å²) in [6, 6.07) is 8.23. The van der Waals surface area contributed by atoms with Crippen LogP contribution in [-0.4, -0.2) is 48.7 Å². The molecule has 2 heterocycles. The third-order valence-electron chi connectivity index (χ3n) is 4.47. The average Bonchev–Trinajstić information content (AvgIpc) is 2.86. The van der Waals surface area contributed by atoms with Gasteiger partial charge in [-0.2, -0.15) is 0 Å². The van der Waals surface area contributed by atoms with Crippen LogP contribution in [-0.2, 0) is 16.0 Å². The molecule has 4 nitrogen and oxygen atoms in total. The fraction of sp³-hybridized carbons (Fsp3) is 0.611. The number of hydrogen-bond acceptors (Lipinski definition) is 3. The summed E-state index contributed by atoms with van der Waals surface area (Å²) in [6.07, 6.45) is 1.78. The minimum atomic E-state index is -0.124. The van der Waals surface area contributed by atoms with Gasteiger partial charge in [0.1, 0.15) is 0 Å². The van der Waals surface area contributed by atoms with Gasteiger partial charge in [-0.1, -0.05) is 18.2 Å². The maximum absolute atomic E-state index is 12.6. The first-order valence-electron chi connectivity index (χ1n) is 8.23. The Morgan fingerprint density at radius 2 is 2.14 bits per heavy atom. The lowest BCUT2D eigenvalue weighted by Crippen LogP contribution is -2.52. The van der Waals surface area contributed by atoms with Crippen molar-refractivity contribution in [3.05, 3.63) is 29.8 Å². The molecule has 0 spiro atoms. The lowest BCUT2D eigenvalue weighted by molar-refractivity contribution is -0.132. The van der Waals surface area contributed by atoms with Crippen LogP contribution in [0.4, 0.5) is 5.69 Å². The summed E-state index contributed by atoms with van der Waals surface area (Å²) in [4.78, 5) is 16.9. The predicted octanol–water partition coefficient (Wildman–Crippen LogP) is 2.47. The number of ether oxygens (including phenoxy) is 1. The monoisotopic (exact) mass is 302 g/mol. The van der Waals surface area contributed by atoms with Gasteiger partial charge in [-0.25, -0.2) is 0 Å². The molecule has 2 aliphatic heterocycles. The smallest absolute Gasteiger partial charge is 0.228 e. The summed E-state index contributed by atoms with van der Waals surface area (Å²) in [5.74, 6) is 0.238. The van der Waals surface area contributed by atoms with E-state index in [4.69, 9.17) is 4.74 Å². The highest BCUT2D eigenvalue weighted by Crippen LogP contribution is 2.28. The molecule has 0 bridgehead atoms. The van der Waals surface area contributed by atoms with Gasteiger partial charge in [0.05, 0.1) is 11.7 Å². The van der Waals surface area contributed by atoms with Gasteiger partial charge in [0.25, 0.3) is 0 Å². The van der Waals surface area contributed by atoms with Gasteiger partial charge in [0.15, 0.2) is 0 Å². The molecule has 2 aliphatic rings. The molecule has 1 saturated heterocycles. The SMILES string of the molecule is C[C@@H]1CN(CCC(=O)N2CCc3ccccc32)CC(C)(C)O1. The topological polar surface area (TPSA) is 32.8 Å². The van der Waals surface area contributed by atoms with E-state index in [1.165, 1.54) is 5.56 Å². The van der Waals surface area contributed by atoms with Crippen molar-refractivity contribution in [1.82, 2.24) is 4.90 Å². The lowest BCUT2D eigenvalue weighted by atomic mass is 10.1. The van der Waals surface area contributed by atoms with Gasteiger partial charge in [-0.05, 0) is 38.8 Å². The summed E-state index contributed by atoms with van der Waals surface area (Å²) in [5, 5.41) is 0. The largest absolute Gasteiger partial charge is 0.370 e. The Morgan fingerprint density at radius 1 is 1.36 bits per heavy atom.